The fraction of sp³-hybridized carbons (Fsp3) is 0.900. The first-order valence-electron chi connectivity index (χ1n) is 5.26. The van der Waals surface area contributed by atoms with Gasteiger partial charge >= 0.3 is 0 Å². The molecule has 2 rings (SSSR count). The van der Waals surface area contributed by atoms with Gasteiger partial charge in [0.05, 0.1) is 6.04 Å². The average molecular weight is 182 g/mol. The smallest absolute Gasteiger partial charge is 0.239 e. The summed E-state index contributed by atoms with van der Waals surface area (Å²) in [5.74, 6) is 0.930. The second-order valence-electron chi connectivity index (χ2n) is 4.36. The Morgan fingerprint density at radius 3 is 2.77 bits per heavy atom. The molecule has 13 heavy (non-hydrogen) atoms. The summed E-state index contributed by atoms with van der Waals surface area (Å²) in [6, 6.07) is 0.203. The number of hydrogen-bond acceptors (Lipinski definition) is 2. The molecule has 3 nitrogen and oxygen atoms in total. The number of nitrogens with zero attached hydrogens (tertiary/aromatic N) is 1. The summed E-state index contributed by atoms with van der Waals surface area (Å²) in [6.45, 7) is 3.08. The molecular weight excluding hydrogens is 164 g/mol. The van der Waals surface area contributed by atoms with E-state index in [2.05, 4.69) is 6.92 Å². The third-order valence-corrected chi connectivity index (χ3v) is 3.31. The molecule has 1 aliphatic heterocycles. The van der Waals surface area contributed by atoms with Crippen molar-refractivity contribution in [1.82, 2.24) is 4.90 Å². The molecule has 1 saturated heterocycles. The van der Waals surface area contributed by atoms with E-state index < -0.39 is 0 Å². The predicted octanol–water partition coefficient (Wildman–Crippen LogP) is 0.735. The van der Waals surface area contributed by atoms with Gasteiger partial charge in [-0.1, -0.05) is 0 Å². The Hall–Kier alpha value is -0.570. The second kappa shape index (κ2) is 3.29. The van der Waals surface area contributed by atoms with Gasteiger partial charge in [0, 0.05) is 12.6 Å². The van der Waals surface area contributed by atoms with Crippen molar-refractivity contribution in [2.75, 3.05) is 6.54 Å². The number of rotatable bonds is 2. The van der Waals surface area contributed by atoms with E-state index in [1.807, 2.05) is 4.90 Å². The minimum Gasteiger partial charge on any atom is -0.338 e. The van der Waals surface area contributed by atoms with Crippen LogP contribution in [0.2, 0.25) is 0 Å². The van der Waals surface area contributed by atoms with Gasteiger partial charge in [-0.15, -0.1) is 0 Å². The van der Waals surface area contributed by atoms with Crippen molar-refractivity contribution in [3.63, 3.8) is 0 Å². The lowest BCUT2D eigenvalue weighted by Gasteiger charge is -2.35. The molecule has 1 amide bonds. The number of likely N-dealkylation sites (tertiary alicyclic amines) is 1. The van der Waals surface area contributed by atoms with Gasteiger partial charge in [0.2, 0.25) is 5.91 Å². The lowest BCUT2D eigenvalue weighted by atomic mass is 10.0. The molecule has 2 aliphatic rings. The number of hydrogen-bond donors (Lipinski definition) is 1. The van der Waals surface area contributed by atoms with Crippen LogP contribution in [0.5, 0.6) is 0 Å². The first kappa shape index (κ1) is 9.00. The van der Waals surface area contributed by atoms with E-state index in [1.165, 1.54) is 12.8 Å². The van der Waals surface area contributed by atoms with Crippen LogP contribution in [0.15, 0.2) is 0 Å². The summed E-state index contributed by atoms with van der Waals surface area (Å²) >= 11 is 0. The van der Waals surface area contributed by atoms with Crippen LogP contribution in [0.4, 0.5) is 0 Å². The molecule has 2 N–H and O–H groups in total. The van der Waals surface area contributed by atoms with Crippen molar-refractivity contribution in [3.8, 4) is 0 Å². The van der Waals surface area contributed by atoms with Crippen LogP contribution in [0, 0.1) is 5.92 Å². The van der Waals surface area contributed by atoms with Gasteiger partial charge in [-0.25, -0.2) is 0 Å². The molecule has 0 aromatic carbocycles. The Morgan fingerprint density at radius 2 is 2.15 bits per heavy atom. The van der Waals surface area contributed by atoms with Crippen LogP contribution in [-0.4, -0.2) is 29.4 Å². The minimum absolute atomic E-state index is 0.172. The maximum absolute atomic E-state index is 11.7. The lowest BCUT2D eigenvalue weighted by molar-refractivity contribution is -0.137. The lowest BCUT2D eigenvalue weighted by Crippen LogP contribution is -2.52. The molecular formula is C10H18N2O. The highest BCUT2D eigenvalue weighted by Crippen LogP contribution is 2.36. The quantitative estimate of drug-likeness (QED) is 0.684. The zero-order chi connectivity index (χ0) is 9.42. The number of carbonyl (C=O) groups is 1. The highest BCUT2D eigenvalue weighted by Gasteiger charge is 2.37. The molecule has 0 spiro atoms. The first-order valence-corrected chi connectivity index (χ1v) is 5.26. The highest BCUT2D eigenvalue weighted by atomic mass is 16.2. The van der Waals surface area contributed by atoms with Gasteiger partial charge in [-0.2, -0.15) is 0 Å². The van der Waals surface area contributed by atoms with Gasteiger partial charge in [-0.05, 0) is 38.5 Å². The maximum atomic E-state index is 11.7. The molecule has 74 valence electrons. The fourth-order valence-corrected chi connectivity index (χ4v) is 2.17. The van der Waals surface area contributed by atoms with Crippen LogP contribution in [0.25, 0.3) is 0 Å². The topological polar surface area (TPSA) is 46.3 Å². The second-order valence-corrected chi connectivity index (χ2v) is 4.36. The molecule has 2 fully saturated rings. The van der Waals surface area contributed by atoms with Crippen LogP contribution in [-0.2, 0) is 4.79 Å². The Morgan fingerprint density at radius 1 is 1.46 bits per heavy atom. The van der Waals surface area contributed by atoms with Gasteiger partial charge in [-0.3, -0.25) is 4.79 Å². The zero-order valence-corrected chi connectivity index (χ0v) is 8.20. The normalized spacial score (nSPS) is 32.0. The highest BCUT2D eigenvalue weighted by molar-refractivity contribution is 5.82. The van der Waals surface area contributed by atoms with Gasteiger partial charge in [0.25, 0.3) is 0 Å². The van der Waals surface area contributed by atoms with Crippen LogP contribution in [0.1, 0.15) is 32.6 Å². The number of amides is 1. The molecule has 1 heterocycles. The largest absolute Gasteiger partial charge is 0.338 e. The van der Waals surface area contributed by atoms with Crippen LogP contribution in [0.3, 0.4) is 0 Å². The summed E-state index contributed by atoms with van der Waals surface area (Å²) in [4.78, 5) is 13.7. The molecule has 1 aliphatic carbocycles. The van der Waals surface area contributed by atoms with E-state index in [1.54, 1.807) is 0 Å². The van der Waals surface area contributed by atoms with E-state index in [4.69, 9.17) is 5.73 Å². The minimum atomic E-state index is -0.227. The van der Waals surface area contributed by atoms with Crippen molar-refractivity contribution in [3.05, 3.63) is 0 Å². The summed E-state index contributed by atoms with van der Waals surface area (Å²) in [6.07, 6.45) is 4.52. The molecule has 2 unspecified atom stereocenters. The third kappa shape index (κ3) is 1.70. The Balaban J connectivity index is 1.99. The standard InChI is InChI=1S/C10H18N2O/c1-7(8-4-5-8)12-6-2-3-9(11)10(12)13/h7-9H,2-6,11H2,1H3. The van der Waals surface area contributed by atoms with Crippen molar-refractivity contribution >= 4 is 5.91 Å². The molecule has 0 bridgehead atoms. The molecule has 0 aromatic rings. The number of piperidine rings is 1. The van der Waals surface area contributed by atoms with Crippen molar-refractivity contribution in [2.45, 2.75) is 44.7 Å². The van der Waals surface area contributed by atoms with Gasteiger partial charge in [0.15, 0.2) is 0 Å². The number of nitrogens with two attached hydrogens (primary N) is 1. The molecule has 3 heteroatoms. The van der Waals surface area contributed by atoms with Crippen LogP contribution >= 0.6 is 0 Å². The van der Waals surface area contributed by atoms with Gasteiger partial charge in [0.1, 0.15) is 0 Å². The van der Waals surface area contributed by atoms with E-state index in [0.717, 1.165) is 25.3 Å². The van der Waals surface area contributed by atoms with E-state index in [0.29, 0.717) is 6.04 Å². The van der Waals surface area contributed by atoms with Gasteiger partial charge < -0.3 is 10.6 Å². The summed E-state index contributed by atoms with van der Waals surface area (Å²) < 4.78 is 0. The van der Waals surface area contributed by atoms with Crippen molar-refractivity contribution in [1.29, 1.82) is 0 Å². The molecule has 2 atom stereocenters. The zero-order valence-electron chi connectivity index (χ0n) is 8.20. The van der Waals surface area contributed by atoms with Crippen LogP contribution < -0.4 is 5.73 Å². The SMILES string of the molecule is CC(C1CC1)N1CCCC(N)C1=O. The van der Waals surface area contributed by atoms with E-state index in [-0.39, 0.29) is 11.9 Å². The predicted molar refractivity (Wildman–Crippen MR) is 51.1 cm³/mol. The first-order chi connectivity index (χ1) is 6.20. The monoisotopic (exact) mass is 182 g/mol. The molecule has 0 radical (unpaired) electrons. The van der Waals surface area contributed by atoms with E-state index >= 15 is 0 Å². The molecule has 0 aromatic heterocycles. The van der Waals surface area contributed by atoms with Crippen molar-refractivity contribution in [2.24, 2.45) is 11.7 Å². The summed E-state index contributed by atoms with van der Waals surface area (Å²) in [7, 11) is 0. The average Bonchev–Trinajstić information content (AvgIpc) is 2.91. The Kier molecular flexibility index (Phi) is 2.28. The summed E-state index contributed by atoms with van der Waals surface area (Å²) in [5, 5.41) is 0. The maximum Gasteiger partial charge on any atom is 0.239 e. The van der Waals surface area contributed by atoms with E-state index in [9.17, 15) is 4.79 Å². The fourth-order valence-electron chi connectivity index (χ4n) is 2.17. The third-order valence-electron chi connectivity index (χ3n) is 3.31. The van der Waals surface area contributed by atoms with Crippen molar-refractivity contribution < 1.29 is 4.79 Å². The Bertz CT molecular complexity index is 213. The Labute approximate surface area is 79.3 Å². The summed E-state index contributed by atoms with van der Waals surface area (Å²) in [5.41, 5.74) is 5.74. The molecule has 1 saturated carbocycles. The number of carbonyl (C=O) groups excluding carboxylic acids is 1.